The Hall–Kier alpha value is -3.85. The van der Waals surface area contributed by atoms with Crippen LogP contribution in [0.1, 0.15) is 16.7 Å². The van der Waals surface area contributed by atoms with Gasteiger partial charge in [-0.15, -0.1) is 0 Å². The Morgan fingerprint density at radius 2 is 1.88 bits per heavy atom. The fraction of sp³-hybridized carbons (Fsp3) is 0.130. The van der Waals surface area contributed by atoms with Crippen molar-refractivity contribution in [1.82, 2.24) is 15.0 Å². The molecule has 9 heteroatoms. The third-order valence-corrected chi connectivity index (χ3v) is 6.43. The minimum Gasteiger partial charge on any atom is -0.480 e. The number of aromatic nitrogens is 3. The molecule has 164 valence electrons. The average Bonchev–Trinajstić information content (AvgIpc) is 3.21. The van der Waals surface area contributed by atoms with Crippen molar-refractivity contribution in [2.45, 2.75) is 18.7 Å². The van der Waals surface area contributed by atoms with E-state index in [2.05, 4.69) is 31.6 Å². The summed E-state index contributed by atoms with van der Waals surface area (Å²) in [5.41, 5.74) is 4.75. The van der Waals surface area contributed by atoms with Crippen LogP contribution in [-0.2, 0) is 10.0 Å². The number of rotatable bonds is 7. The summed E-state index contributed by atoms with van der Waals surface area (Å²) in [6.07, 6.45) is 4.99. The SMILES string of the molecule is C=C(Nc1cnc(OC)c(S(=O)(=O)Nc2c(C)cccc2C)c1)c1c[nH]c2ncccc12. The van der Waals surface area contributed by atoms with Crippen LogP contribution in [-0.4, -0.2) is 30.5 Å². The van der Waals surface area contributed by atoms with Crippen molar-refractivity contribution in [3.63, 3.8) is 0 Å². The van der Waals surface area contributed by atoms with Gasteiger partial charge in [-0.1, -0.05) is 24.8 Å². The minimum absolute atomic E-state index is 0.00352. The molecule has 0 fully saturated rings. The second-order valence-corrected chi connectivity index (χ2v) is 8.96. The van der Waals surface area contributed by atoms with Crippen LogP contribution < -0.4 is 14.8 Å². The zero-order valence-electron chi connectivity index (χ0n) is 17.9. The van der Waals surface area contributed by atoms with E-state index in [-0.39, 0.29) is 10.8 Å². The molecular weight excluding hydrogens is 426 g/mol. The molecule has 0 atom stereocenters. The number of benzene rings is 1. The van der Waals surface area contributed by atoms with Gasteiger partial charge in [0.2, 0.25) is 5.88 Å². The Morgan fingerprint density at radius 1 is 1.12 bits per heavy atom. The van der Waals surface area contributed by atoms with Crippen molar-refractivity contribution in [2.24, 2.45) is 0 Å². The van der Waals surface area contributed by atoms with Gasteiger partial charge in [-0.2, -0.15) is 0 Å². The van der Waals surface area contributed by atoms with Gasteiger partial charge in [0, 0.05) is 29.0 Å². The molecule has 0 aliphatic rings. The lowest BCUT2D eigenvalue weighted by Gasteiger charge is -2.16. The molecule has 0 bridgehead atoms. The van der Waals surface area contributed by atoms with E-state index in [1.54, 1.807) is 12.4 Å². The van der Waals surface area contributed by atoms with Crippen molar-refractivity contribution >= 4 is 38.1 Å². The first kappa shape index (κ1) is 21.4. The summed E-state index contributed by atoms with van der Waals surface area (Å²) < 4.78 is 34.4. The maximum atomic E-state index is 13.2. The van der Waals surface area contributed by atoms with Crippen LogP contribution in [0.4, 0.5) is 11.4 Å². The summed E-state index contributed by atoms with van der Waals surface area (Å²) in [7, 11) is -2.59. The van der Waals surface area contributed by atoms with E-state index < -0.39 is 10.0 Å². The molecule has 32 heavy (non-hydrogen) atoms. The number of anilines is 2. The molecule has 3 heterocycles. The van der Waals surface area contributed by atoms with E-state index in [9.17, 15) is 8.42 Å². The molecule has 0 spiro atoms. The first-order chi connectivity index (χ1) is 15.3. The van der Waals surface area contributed by atoms with Gasteiger partial charge in [-0.3, -0.25) is 4.72 Å². The predicted molar refractivity (Wildman–Crippen MR) is 126 cm³/mol. The summed E-state index contributed by atoms with van der Waals surface area (Å²) in [6.45, 7) is 7.78. The molecule has 0 amide bonds. The van der Waals surface area contributed by atoms with Crippen molar-refractivity contribution in [3.05, 3.63) is 78.3 Å². The highest BCUT2D eigenvalue weighted by Crippen LogP contribution is 2.30. The number of sulfonamides is 1. The number of para-hydroxylation sites is 1. The number of nitrogens with zero attached hydrogens (tertiary/aromatic N) is 2. The average molecular weight is 450 g/mol. The molecule has 0 unspecified atom stereocenters. The second-order valence-electron chi connectivity index (χ2n) is 7.31. The number of pyridine rings is 2. The molecule has 0 aliphatic carbocycles. The maximum absolute atomic E-state index is 13.2. The van der Waals surface area contributed by atoms with Crippen molar-refractivity contribution in [2.75, 3.05) is 17.1 Å². The first-order valence-electron chi connectivity index (χ1n) is 9.81. The van der Waals surface area contributed by atoms with Gasteiger partial charge in [0.05, 0.1) is 24.7 Å². The van der Waals surface area contributed by atoms with Crippen molar-refractivity contribution in [1.29, 1.82) is 0 Å². The Balaban J connectivity index is 1.67. The molecule has 0 radical (unpaired) electrons. The van der Waals surface area contributed by atoms with Crippen LogP contribution in [0.2, 0.25) is 0 Å². The number of methoxy groups -OCH3 is 1. The number of hydrogen-bond donors (Lipinski definition) is 3. The van der Waals surface area contributed by atoms with Crippen LogP contribution in [0.25, 0.3) is 16.7 Å². The highest BCUT2D eigenvalue weighted by molar-refractivity contribution is 7.92. The number of H-pyrrole nitrogens is 1. The summed E-state index contributed by atoms with van der Waals surface area (Å²) in [6, 6.07) is 10.8. The monoisotopic (exact) mass is 449 g/mol. The molecule has 0 aliphatic heterocycles. The van der Waals surface area contributed by atoms with Gasteiger partial charge >= 0.3 is 0 Å². The topological polar surface area (TPSA) is 109 Å². The highest BCUT2D eigenvalue weighted by Gasteiger charge is 2.23. The van der Waals surface area contributed by atoms with Gasteiger partial charge in [-0.25, -0.2) is 18.4 Å². The van der Waals surface area contributed by atoms with Crippen LogP contribution in [0, 0.1) is 13.8 Å². The van der Waals surface area contributed by atoms with Crippen LogP contribution in [0.5, 0.6) is 5.88 Å². The Morgan fingerprint density at radius 3 is 2.59 bits per heavy atom. The van der Waals surface area contributed by atoms with E-state index in [0.717, 1.165) is 27.7 Å². The molecule has 8 nitrogen and oxygen atoms in total. The lowest BCUT2D eigenvalue weighted by Crippen LogP contribution is -2.16. The Kier molecular flexibility index (Phi) is 5.58. The van der Waals surface area contributed by atoms with Gasteiger partial charge in [0.25, 0.3) is 10.0 Å². The third-order valence-electron chi connectivity index (χ3n) is 5.09. The number of aryl methyl sites for hydroxylation is 2. The number of aromatic amines is 1. The van der Waals surface area contributed by atoms with Crippen LogP contribution in [0.15, 0.2) is 66.5 Å². The molecule has 4 rings (SSSR count). The number of hydrogen-bond acceptors (Lipinski definition) is 6. The molecular formula is C23H23N5O3S. The molecule has 3 aromatic heterocycles. The second kappa shape index (κ2) is 8.35. The van der Waals surface area contributed by atoms with E-state index in [1.807, 2.05) is 44.2 Å². The van der Waals surface area contributed by atoms with Crippen LogP contribution >= 0.6 is 0 Å². The minimum atomic E-state index is -3.97. The summed E-state index contributed by atoms with van der Waals surface area (Å²) in [5.74, 6) is -0.00352. The number of fused-ring (bicyclic) bond motifs is 1. The smallest absolute Gasteiger partial charge is 0.267 e. The molecule has 1 aromatic carbocycles. The summed E-state index contributed by atoms with van der Waals surface area (Å²) >= 11 is 0. The van der Waals surface area contributed by atoms with Gasteiger partial charge < -0.3 is 15.0 Å². The maximum Gasteiger partial charge on any atom is 0.267 e. The van der Waals surface area contributed by atoms with E-state index >= 15 is 0 Å². The summed E-state index contributed by atoms with van der Waals surface area (Å²) in [5, 5.41) is 4.03. The largest absolute Gasteiger partial charge is 0.480 e. The fourth-order valence-electron chi connectivity index (χ4n) is 3.46. The van der Waals surface area contributed by atoms with Gasteiger partial charge in [0.15, 0.2) is 4.90 Å². The zero-order valence-corrected chi connectivity index (χ0v) is 18.7. The quantitative estimate of drug-likeness (QED) is 0.384. The highest BCUT2D eigenvalue weighted by atomic mass is 32.2. The Labute approximate surface area is 186 Å². The molecule has 4 aromatic rings. The van der Waals surface area contributed by atoms with Crippen molar-refractivity contribution in [3.8, 4) is 5.88 Å². The van der Waals surface area contributed by atoms with Crippen LogP contribution in [0.3, 0.4) is 0 Å². The number of nitrogens with one attached hydrogen (secondary N) is 3. The van der Waals surface area contributed by atoms with Gasteiger partial charge in [0.1, 0.15) is 5.65 Å². The first-order valence-corrected chi connectivity index (χ1v) is 11.3. The standard InChI is InChI=1S/C23H23N5O3S/c1-14-7-5-8-15(2)21(14)28-32(29,30)20-11-17(12-26-23(20)31-4)27-16(3)19-13-25-22-18(19)9-6-10-24-22/h5-13,27-28H,3H2,1-2,4H3,(H,24,25). The molecule has 0 saturated carbocycles. The predicted octanol–water partition coefficient (Wildman–Crippen LogP) is 4.47. The van der Waals surface area contributed by atoms with E-state index in [0.29, 0.717) is 17.1 Å². The zero-order chi connectivity index (χ0) is 22.9. The number of ether oxygens (including phenoxy) is 1. The molecule has 3 N–H and O–H groups in total. The van der Waals surface area contributed by atoms with Gasteiger partial charge in [-0.05, 0) is 43.2 Å². The normalized spacial score (nSPS) is 11.3. The lowest BCUT2D eigenvalue weighted by molar-refractivity contribution is 0.385. The van der Waals surface area contributed by atoms with E-state index in [4.69, 9.17) is 4.74 Å². The fourth-order valence-corrected chi connectivity index (χ4v) is 4.81. The lowest BCUT2D eigenvalue weighted by atomic mass is 10.1. The molecule has 0 saturated heterocycles. The summed E-state index contributed by atoms with van der Waals surface area (Å²) in [4.78, 5) is 11.5. The van der Waals surface area contributed by atoms with Crippen molar-refractivity contribution < 1.29 is 13.2 Å². The Bertz CT molecular complexity index is 1410. The third kappa shape index (κ3) is 4.02. The van der Waals surface area contributed by atoms with E-state index in [1.165, 1.54) is 19.4 Å².